The molecule has 0 aliphatic heterocycles. The Morgan fingerprint density at radius 3 is 2.29 bits per heavy atom. The third kappa shape index (κ3) is 7.55. The molecule has 0 aliphatic carbocycles. The van der Waals surface area contributed by atoms with E-state index in [-0.39, 0.29) is 6.42 Å². The van der Waals surface area contributed by atoms with Crippen LogP contribution < -0.4 is 0 Å². The van der Waals surface area contributed by atoms with Gasteiger partial charge in [-0.1, -0.05) is 30.3 Å². The van der Waals surface area contributed by atoms with E-state index in [0.717, 1.165) is 5.56 Å². The predicted octanol–water partition coefficient (Wildman–Crippen LogP) is 3.44. The van der Waals surface area contributed by atoms with Crippen LogP contribution in [-0.4, -0.2) is 29.7 Å². The molecule has 0 fully saturated rings. The van der Waals surface area contributed by atoms with Crippen LogP contribution in [0.15, 0.2) is 30.3 Å². The summed E-state index contributed by atoms with van der Waals surface area (Å²) in [7, 11) is 1.24. The molecule has 24 heavy (non-hydrogen) atoms. The first-order valence-electron chi connectivity index (χ1n) is 7.73. The van der Waals surface area contributed by atoms with Crippen LogP contribution in [0.1, 0.15) is 39.2 Å². The maximum Gasteiger partial charge on any atom is 0.320 e. The molecule has 5 nitrogen and oxygen atoms in total. The van der Waals surface area contributed by atoms with Crippen LogP contribution in [0.5, 0.6) is 0 Å². The van der Waals surface area contributed by atoms with Crippen molar-refractivity contribution in [1.82, 2.24) is 0 Å². The number of rotatable bonds is 7. The minimum atomic E-state index is -1.01. The van der Waals surface area contributed by atoms with Crippen molar-refractivity contribution < 1.29 is 23.8 Å². The van der Waals surface area contributed by atoms with E-state index < -0.39 is 23.5 Å². The van der Waals surface area contributed by atoms with Crippen LogP contribution in [0.25, 0.3) is 0 Å². The van der Waals surface area contributed by atoms with Gasteiger partial charge in [0.25, 0.3) is 0 Å². The molecule has 0 aromatic heterocycles. The largest absolute Gasteiger partial charge is 0.482 e. The third-order valence-electron chi connectivity index (χ3n) is 3.06. The topological polar surface area (TPSA) is 61.8 Å². The van der Waals surface area contributed by atoms with Gasteiger partial charge in [-0.2, -0.15) is 0 Å². The summed E-state index contributed by atoms with van der Waals surface area (Å²) in [6, 6.07) is 9.61. The van der Waals surface area contributed by atoms with E-state index in [1.165, 1.54) is 7.11 Å². The molecule has 0 bridgehead atoms. The fraction of sp³-hybridized carbons (Fsp3) is 0.500. The molecule has 0 aliphatic rings. The van der Waals surface area contributed by atoms with Crippen molar-refractivity contribution in [2.24, 2.45) is 5.92 Å². The highest BCUT2D eigenvalue weighted by Crippen LogP contribution is 2.17. The van der Waals surface area contributed by atoms with Gasteiger partial charge in [-0.3, -0.25) is 9.59 Å². The molecule has 0 N–H and O–H groups in total. The van der Waals surface area contributed by atoms with E-state index in [1.807, 2.05) is 30.3 Å². The van der Waals surface area contributed by atoms with Crippen molar-refractivity contribution in [3.8, 4) is 0 Å². The van der Waals surface area contributed by atoms with E-state index in [0.29, 0.717) is 18.1 Å². The molecule has 1 unspecified atom stereocenters. The van der Waals surface area contributed by atoms with Crippen molar-refractivity contribution in [2.45, 2.75) is 45.8 Å². The normalized spacial score (nSPS) is 12.2. The fourth-order valence-corrected chi connectivity index (χ4v) is 2.10. The van der Waals surface area contributed by atoms with Gasteiger partial charge in [-0.15, -0.1) is 0 Å². The lowest BCUT2D eigenvalue weighted by molar-refractivity contribution is -0.168. The van der Waals surface area contributed by atoms with Crippen molar-refractivity contribution in [1.29, 1.82) is 0 Å². The Morgan fingerprint density at radius 1 is 1.12 bits per heavy atom. The molecule has 1 atom stereocenters. The highest BCUT2D eigenvalue weighted by molar-refractivity contribution is 7.80. The number of thiocarbonyl (C=S) groups is 1. The Morgan fingerprint density at radius 2 is 1.75 bits per heavy atom. The lowest BCUT2D eigenvalue weighted by Gasteiger charge is -2.23. The van der Waals surface area contributed by atoms with Gasteiger partial charge in [0, 0.05) is 6.42 Å². The van der Waals surface area contributed by atoms with Crippen molar-refractivity contribution >= 4 is 29.2 Å². The van der Waals surface area contributed by atoms with Crippen LogP contribution in [0.2, 0.25) is 0 Å². The Balaban J connectivity index is 2.53. The van der Waals surface area contributed by atoms with Gasteiger partial charge in [0.15, 0.2) is 11.0 Å². The molecule has 132 valence electrons. The van der Waals surface area contributed by atoms with Gasteiger partial charge >= 0.3 is 11.9 Å². The molecule has 0 heterocycles. The summed E-state index contributed by atoms with van der Waals surface area (Å²) < 4.78 is 15.4. The van der Waals surface area contributed by atoms with Gasteiger partial charge < -0.3 is 14.2 Å². The second-order valence-corrected chi connectivity index (χ2v) is 6.75. The van der Waals surface area contributed by atoms with Gasteiger partial charge in [0.2, 0.25) is 0 Å². The molecule has 0 saturated carbocycles. The summed E-state index contributed by atoms with van der Waals surface area (Å²) in [6.45, 7) is 5.58. The first kappa shape index (κ1) is 20.1. The lowest BCUT2D eigenvalue weighted by Crippen LogP contribution is -2.33. The van der Waals surface area contributed by atoms with Crippen LogP contribution >= 0.6 is 12.2 Å². The smallest absolute Gasteiger partial charge is 0.320 e. The number of benzene rings is 1. The van der Waals surface area contributed by atoms with Gasteiger partial charge in [-0.25, -0.2) is 0 Å². The molecular weight excluding hydrogens is 328 g/mol. The molecule has 1 rings (SSSR count). The maximum atomic E-state index is 12.1. The number of carbonyl (C=O) groups is 2. The van der Waals surface area contributed by atoms with E-state index in [4.69, 9.17) is 21.7 Å². The third-order valence-corrected chi connectivity index (χ3v) is 3.38. The quantitative estimate of drug-likeness (QED) is 0.425. The number of hydrogen-bond donors (Lipinski definition) is 0. The zero-order valence-electron chi connectivity index (χ0n) is 14.5. The van der Waals surface area contributed by atoms with Gasteiger partial charge in [0.05, 0.1) is 7.11 Å². The molecule has 0 saturated heterocycles. The van der Waals surface area contributed by atoms with Gasteiger partial charge in [-0.05, 0) is 45.0 Å². The predicted molar refractivity (Wildman–Crippen MR) is 94.4 cm³/mol. The van der Waals surface area contributed by atoms with E-state index >= 15 is 0 Å². The summed E-state index contributed by atoms with van der Waals surface area (Å²) in [5.74, 6) is -2.25. The Kier molecular flexibility index (Phi) is 7.85. The number of esters is 2. The average molecular weight is 352 g/mol. The van der Waals surface area contributed by atoms with E-state index in [9.17, 15) is 9.59 Å². The summed E-state index contributed by atoms with van der Waals surface area (Å²) in [6.07, 6.45) is 0.483. The lowest BCUT2D eigenvalue weighted by atomic mass is 10.0. The number of carbonyl (C=O) groups excluding carboxylic acids is 2. The molecule has 0 spiro atoms. The Bertz CT molecular complexity index is 563. The van der Waals surface area contributed by atoms with Crippen LogP contribution in [-0.2, 0) is 30.4 Å². The van der Waals surface area contributed by atoms with Gasteiger partial charge in [0.1, 0.15) is 12.2 Å². The number of hydrogen-bond acceptors (Lipinski definition) is 6. The molecule has 6 heteroatoms. The van der Waals surface area contributed by atoms with Crippen molar-refractivity contribution in [3.05, 3.63) is 35.9 Å². The SMILES string of the molecule is COC(=O)C(CCC(=S)OCc1ccccc1)C(=O)OC(C)(C)C. The van der Waals surface area contributed by atoms with Crippen LogP contribution in [0.3, 0.4) is 0 Å². The second-order valence-electron chi connectivity index (χ2n) is 6.29. The molecule has 0 amide bonds. The molecule has 0 radical (unpaired) electrons. The highest BCUT2D eigenvalue weighted by Gasteiger charge is 2.32. The number of ether oxygens (including phenoxy) is 3. The maximum absolute atomic E-state index is 12.1. The van der Waals surface area contributed by atoms with Crippen LogP contribution in [0.4, 0.5) is 0 Å². The monoisotopic (exact) mass is 352 g/mol. The molecular formula is C18H24O5S. The zero-order valence-corrected chi connectivity index (χ0v) is 15.4. The summed E-state index contributed by atoms with van der Waals surface area (Å²) >= 11 is 5.16. The summed E-state index contributed by atoms with van der Waals surface area (Å²) in [5, 5.41) is 0.344. The van der Waals surface area contributed by atoms with E-state index in [2.05, 4.69) is 4.74 Å². The average Bonchev–Trinajstić information content (AvgIpc) is 2.52. The summed E-state index contributed by atoms with van der Waals surface area (Å²) in [5.41, 5.74) is 0.324. The molecule has 1 aromatic rings. The first-order valence-corrected chi connectivity index (χ1v) is 8.14. The highest BCUT2D eigenvalue weighted by atomic mass is 32.1. The second kappa shape index (κ2) is 9.37. The van der Waals surface area contributed by atoms with Crippen LogP contribution in [0, 0.1) is 5.92 Å². The zero-order chi connectivity index (χ0) is 18.2. The molecule has 1 aromatic carbocycles. The Hall–Kier alpha value is -1.95. The minimum absolute atomic E-state index is 0.190. The summed E-state index contributed by atoms with van der Waals surface area (Å²) in [4.78, 5) is 24.0. The Labute approximate surface area is 148 Å². The van der Waals surface area contributed by atoms with E-state index in [1.54, 1.807) is 20.8 Å². The van der Waals surface area contributed by atoms with Crippen molar-refractivity contribution in [2.75, 3.05) is 7.11 Å². The minimum Gasteiger partial charge on any atom is -0.482 e. The first-order chi connectivity index (χ1) is 11.2. The standard InChI is InChI=1S/C18H24O5S/c1-18(2,3)23-17(20)14(16(19)21-4)10-11-15(24)22-12-13-8-6-5-7-9-13/h5-9,14H,10-12H2,1-4H3. The number of methoxy groups -OCH3 is 1. The van der Waals surface area contributed by atoms with Crippen molar-refractivity contribution in [3.63, 3.8) is 0 Å². The fourth-order valence-electron chi connectivity index (χ4n) is 1.92.